The summed E-state index contributed by atoms with van der Waals surface area (Å²) in [5.41, 5.74) is 0.700. The van der Waals surface area contributed by atoms with Crippen LogP contribution in [0.1, 0.15) is 5.56 Å². The van der Waals surface area contributed by atoms with Crippen LogP contribution in [-0.4, -0.2) is 20.6 Å². The number of carbonyl (C=O) groups is 1. The predicted octanol–water partition coefficient (Wildman–Crippen LogP) is 0.742. The lowest BCUT2D eigenvalue weighted by molar-refractivity contribution is -0.114. The van der Waals surface area contributed by atoms with Gasteiger partial charge in [-0.3, -0.25) is 8.98 Å². The number of rotatable bonds is 3. The molecule has 0 saturated carbocycles. The summed E-state index contributed by atoms with van der Waals surface area (Å²) in [6, 6.07) is 7.42. The molecule has 7 heteroatoms. The van der Waals surface area contributed by atoms with Crippen molar-refractivity contribution in [2.45, 2.75) is 6.61 Å². The van der Waals surface area contributed by atoms with Crippen molar-refractivity contribution < 1.29 is 17.4 Å². The standard InChI is InChI=1S/C15H11BrNO4S/c1-22(19,20)21-8-10-4-9-5-15(18)17-7-14(9)13-6-11(16)2-3-12(10)13/h2-7H,8H2,1H3. The largest absolute Gasteiger partial charge is 0.270 e. The van der Waals surface area contributed by atoms with Crippen LogP contribution in [0.5, 0.6) is 0 Å². The highest BCUT2D eigenvalue weighted by molar-refractivity contribution is 9.10. The van der Waals surface area contributed by atoms with Crippen molar-refractivity contribution in [1.82, 2.24) is 5.32 Å². The van der Waals surface area contributed by atoms with Crippen LogP contribution >= 0.6 is 15.9 Å². The molecule has 0 bridgehead atoms. The number of hydrogen-bond acceptors (Lipinski definition) is 4. The van der Waals surface area contributed by atoms with E-state index in [1.807, 2.05) is 18.2 Å². The van der Waals surface area contributed by atoms with Crippen molar-refractivity contribution in [3.05, 3.63) is 44.7 Å². The van der Waals surface area contributed by atoms with Gasteiger partial charge in [0.15, 0.2) is 0 Å². The number of carbonyl (C=O) groups excluding carboxylic acids is 1. The first kappa shape index (κ1) is 15.2. The van der Waals surface area contributed by atoms with Gasteiger partial charge in [-0.2, -0.15) is 8.42 Å². The summed E-state index contributed by atoms with van der Waals surface area (Å²) in [4.78, 5) is 11.5. The van der Waals surface area contributed by atoms with Crippen LogP contribution < -0.4 is 15.8 Å². The summed E-state index contributed by atoms with van der Waals surface area (Å²) in [5.74, 6) is -0.336. The molecule has 0 unspecified atom stereocenters. The highest BCUT2D eigenvalue weighted by Gasteiger charge is 2.11. The molecule has 0 aliphatic carbocycles. The fraction of sp³-hybridized carbons (Fsp3) is 0.133. The average molecular weight is 381 g/mol. The van der Waals surface area contributed by atoms with Crippen molar-refractivity contribution in [2.75, 3.05) is 6.26 Å². The van der Waals surface area contributed by atoms with E-state index in [1.165, 1.54) is 12.3 Å². The molecule has 0 fully saturated rings. The van der Waals surface area contributed by atoms with Crippen molar-refractivity contribution >= 4 is 55.0 Å². The Kier molecular flexibility index (Phi) is 3.80. The highest BCUT2D eigenvalue weighted by Crippen LogP contribution is 2.20. The van der Waals surface area contributed by atoms with Crippen LogP contribution in [-0.2, 0) is 25.7 Å². The van der Waals surface area contributed by atoms with Crippen LogP contribution in [0.15, 0.2) is 28.7 Å². The Hall–Kier alpha value is -1.70. The molecule has 0 atom stereocenters. The fourth-order valence-corrected chi connectivity index (χ4v) is 3.07. The molecular weight excluding hydrogens is 370 g/mol. The van der Waals surface area contributed by atoms with E-state index in [2.05, 4.69) is 21.2 Å². The van der Waals surface area contributed by atoms with Gasteiger partial charge in [-0.25, -0.2) is 5.32 Å². The van der Waals surface area contributed by atoms with Gasteiger partial charge in [0.1, 0.15) is 0 Å². The van der Waals surface area contributed by atoms with Crippen LogP contribution in [0.3, 0.4) is 0 Å². The Labute approximate surface area is 135 Å². The quantitative estimate of drug-likeness (QED) is 0.736. The molecule has 1 heterocycles. The molecule has 1 radical (unpaired) electrons. The second-order valence-electron chi connectivity index (χ2n) is 4.94. The van der Waals surface area contributed by atoms with E-state index >= 15 is 0 Å². The van der Waals surface area contributed by atoms with Gasteiger partial charge >= 0.3 is 0 Å². The van der Waals surface area contributed by atoms with E-state index in [1.54, 1.807) is 6.07 Å². The first-order chi connectivity index (χ1) is 10.3. The molecular formula is C15H11BrNO4S. The van der Waals surface area contributed by atoms with Gasteiger partial charge in [0, 0.05) is 22.0 Å². The normalized spacial score (nSPS) is 14.0. The third-order valence-corrected chi connectivity index (χ3v) is 4.33. The maximum Gasteiger partial charge on any atom is 0.270 e. The Bertz CT molecular complexity index is 1010. The molecule has 0 aromatic heterocycles. The van der Waals surface area contributed by atoms with Gasteiger partial charge < -0.3 is 0 Å². The molecule has 0 N–H and O–H groups in total. The van der Waals surface area contributed by atoms with E-state index in [0.717, 1.165) is 26.7 Å². The number of fused-ring (bicyclic) bond motifs is 3. The number of halogens is 1. The number of amides is 1. The molecule has 5 nitrogen and oxygen atoms in total. The molecule has 1 aliphatic heterocycles. The van der Waals surface area contributed by atoms with Gasteiger partial charge in [-0.15, -0.1) is 0 Å². The molecule has 22 heavy (non-hydrogen) atoms. The molecule has 0 saturated heterocycles. The van der Waals surface area contributed by atoms with E-state index in [4.69, 9.17) is 4.18 Å². The zero-order valence-corrected chi connectivity index (χ0v) is 13.9. The third kappa shape index (κ3) is 3.06. The van der Waals surface area contributed by atoms with Crippen LogP contribution in [0.4, 0.5) is 0 Å². The Morgan fingerprint density at radius 3 is 2.73 bits per heavy atom. The first-order valence-corrected chi connectivity index (χ1v) is 8.97. The molecule has 3 rings (SSSR count). The highest BCUT2D eigenvalue weighted by atomic mass is 79.9. The molecule has 2 aromatic rings. The van der Waals surface area contributed by atoms with Gasteiger partial charge in [-0.05, 0) is 39.8 Å². The average Bonchev–Trinajstić information content (AvgIpc) is 2.43. The predicted molar refractivity (Wildman–Crippen MR) is 86.6 cm³/mol. The van der Waals surface area contributed by atoms with Gasteiger partial charge in [0.05, 0.1) is 12.9 Å². The number of hydrogen-bond donors (Lipinski definition) is 0. The summed E-state index contributed by atoms with van der Waals surface area (Å²) in [6.07, 6.45) is 3.97. The van der Waals surface area contributed by atoms with Crippen molar-refractivity contribution in [3.8, 4) is 0 Å². The molecule has 1 amide bonds. The third-order valence-electron chi connectivity index (χ3n) is 3.29. The minimum atomic E-state index is -3.54. The van der Waals surface area contributed by atoms with E-state index in [0.29, 0.717) is 10.8 Å². The lowest BCUT2D eigenvalue weighted by atomic mass is 10.00. The van der Waals surface area contributed by atoms with Crippen LogP contribution in [0.25, 0.3) is 23.0 Å². The zero-order chi connectivity index (χ0) is 15.9. The topological polar surface area (TPSA) is 74.5 Å². The first-order valence-electron chi connectivity index (χ1n) is 6.36. The van der Waals surface area contributed by atoms with Crippen LogP contribution in [0, 0.1) is 0 Å². The summed E-state index contributed by atoms with van der Waals surface area (Å²) >= 11 is 3.42. The summed E-state index contributed by atoms with van der Waals surface area (Å²) in [6.45, 7) is -0.0799. The maximum atomic E-state index is 11.5. The van der Waals surface area contributed by atoms with Crippen LogP contribution in [0.2, 0.25) is 0 Å². The summed E-state index contributed by atoms with van der Waals surface area (Å²) in [7, 11) is -3.54. The van der Waals surface area contributed by atoms with E-state index < -0.39 is 10.1 Å². The fourth-order valence-electron chi connectivity index (χ4n) is 2.37. The second-order valence-corrected chi connectivity index (χ2v) is 7.50. The number of benzene rings is 2. The summed E-state index contributed by atoms with van der Waals surface area (Å²) in [5, 5.41) is 7.08. The van der Waals surface area contributed by atoms with Crippen molar-refractivity contribution in [1.29, 1.82) is 0 Å². The zero-order valence-electron chi connectivity index (χ0n) is 11.5. The van der Waals surface area contributed by atoms with E-state index in [9.17, 15) is 13.2 Å². The minimum absolute atomic E-state index is 0.0799. The molecule has 2 aromatic carbocycles. The van der Waals surface area contributed by atoms with E-state index in [-0.39, 0.29) is 12.5 Å². The SMILES string of the molecule is CS(=O)(=O)OCc1cc2c(c3cc(Br)ccc13)=C[N]C(=O)C=2. The van der Waals surface area contributed by atoms with Gasteiger partial charge in [-0.1, -0.05) is 22.0 Å². The van der Waals surface area contributed by atoms with Crippen molar-refractivity contribution in [2.24, 2.45) is 0 Å². The summed E-state index contributed by atoms with van der Waals surface area (Å²) < 4.78 is 28.2. The maximum absolute atomic E-state index is 11.5. The lowest BCUT2D eigenvalue weighted by Crippen LogP contribution is -2.34. The monoisotopic (exact) mass is 380 g/mol. The van der Waals surface area contributed by atoms with Gasteiger partial charge in [0.25, 0.3) is 16.0 Å². The lowest BCUT2D eigenvalue weighted by Gasteiger charge is -2.10. The Balaban J connectivity index is 2.30. The second kappa shape index (κ2) is 5.49. The Morgan fingerprint density at radius 1 is 1.23 bits per heavy atom. The minimum Gasteiger partial charge on any atom is -0.267 e. The molecule has 0 spiro atoms. The number of nitrogens with zero attached hydrogens (tertiary/aromatic N) is 1. The van der Waals surface area contributed by atoms with Gasteiger partial charge in [0.2, 0.25) is 0 Å². The molecule has 1 aliphatic rings. The molecule has 113 valence electrons. The smallest absolute Gasteiger partial charge is 0.267 e. The van der Waals surface area contributed by atoms with Crippen molar-refractivity contribution in [3.63, 3.8) is 0 Å². The Morgan fingerprint density at radius 2 is 2.00 bits per heavy atom.